The second kappa shape index (κ2) is 8.43. The van der Waals surface area contributed by atoms with Crippen LogP contribution in [-0.2, 0) is 23.1 Å². The van der Waals surface area contributed by atoms with Crippen molar-refractivity contribution in [2.75, 3.05) is 45.9 Å². The molecule has 1 aliphatic carbocycles. The fourth-order valence-corrected chi connectivity index (χ4v) is 5.74. The first-order chi connectivity index (χ1) is 15.5. The fraction of sp³-hybridized carbons (Fsp3) is 0.600. The average Bonchev–Trinajstić information content (AvgIpc) is 3.43. The van der Waals surface area contributed by atoms with Gasteiger partial charge >= 0.3 is 6.09 Å². The molecule has 0 bridgehead atoms. The van der Waals surface area contributed by atoms with Crippen molar-refractivity contribution in [2.45, 2.75) is 32.7 Å². The van der Waals surface area contributed by atoms with Gasteiger partial charge in [-0.25, -0.2) is 4.79 Å². The van der Waals surface area contributed by atoms with Crippen molar-refractivity contribution in [2.24, 2.45) is 18.4 Å². The molecule has 2 aromatic rings. The van der Waals surface area contributed by atoms with Crippen LogP contribution in [0.1, 0.15) is 31.7 Å². The molecule has 0 N–H and O–H groups in total. The van der Waals surface area contributed by atoms with E-state index in [4.69, 9.17) is 4.74 Å². The van der Waals surface area contributed by atoms with Gasteiger partial charge in [0.2, 0.25) is 5.91 Å². The number of carbonyl (C=O) groups is 2. The van der Waals surface area contributed by atoms with Gasteiger partial charge in [0.15, 0.2) is 0 Å². The monoisotopic (exact) mass is 438 g/mol. The van der Waals surface area contributed by atoms with Crippen LogP contribution >= 0.6 is 0 Å². The summed E-state index contributed by atoms with van der Waals surface area (Å²) < 4.78 is 7.30. The number of para-hydroxylation sites is 1. The summed E-state index contributed by atoms with van der Waals surface area (Å²) in [4.78, 5) is 31.3. The molecule has 1 aromatic carbocycles. The Morgan fingerprint density at radius 2 is 1.72 bits per heavy atom. The Hall–Kier alpha value is -2.54. The fourth-order valence-electron chi connectivity index (χ4n) is 5.74. The molecule has 0 unspecified atom stereocenters. The van der Waals surface area contributed by atoms with Crippen molar-refractivity contribution in [3.63, 3.8) is 0 Å². The van der Waals surface area contributed by atoms with Crippen molar-refractivity contribution < 1.29 is 14.3 Å². The summed E-state index contributed by atoms with van der Waals surface area (Å²) in [5.41, 5.74) is 2.89. The van der Waals surface area contributed by atoms with E-state index < -0.39 is 0 Å². The van der Waals surface area contributed by atoms with Gasteiger partial charge in [-0.3, -0.25) is 9.69 Å². The summed E-state index contributed by atoms with van der Waals surface area (Å²) in [5, 5.41) is 1.34. The van der Waals surface area contributed by atoms with Gasteiger partial charge in [0, 0.05) is 62.8 Å². The number of rotatable bonds is 4. The number of hydrogen-bond donors (Lipinski definition) is 0. The number of carbonyl (C=O) groups excluding carboxylic acids is 2. The Kier molecular flexibility index (Phi) is 5.61. The molecule has 1 spiro atoms. The second-order valence-electron chi connectivity index (χ2n) is 9.69. The Morgan fingerprint density at radius 1 is 1.03 bits per heavy atom. The highest BCUT2D eigenvalue weighted by atomic mass is 16.6. The lowest BCUT2D eigenvalue weighted by Gasteiger charge is -2.36. The minimum absolute atomic E-state index is 0.177. The summed E-state index contributed by atoms with van der Waals surface area (Å²) in [7, 11) is 2.12. The number of hydrogen-bond acceptors (Lipinski definition) is 4. The molecule has 2 saturated heterocycles. The molecule has 172 valence electrons. The Labute approximate surface area is 189 Å². The number of aryl methyl sites for hydroxylation is 1. The van der Waals surface area contributed by atoms with E-state index in [0.717, 1.165) is 38.9 Å². The predicted molar refractivity (Wildman–Crippen MR) is 123 cm³/mol. The van der Waals surface area contributed by atoms with Gasteiger partial charge in [0.05, 0.1) is 6.61 Å². The SMILES string of the molecule is CCOC(=O)N1CCN(C(=O)[C@@H]2CC23CCN(Cc2cn(C)c4ccccc24)CC3)CC1. The van der Waals surface area contributed by atoms with Crippen LogP contribution in [0.4, 0.5) is 4.79 Å². The maximum absolute atomic E-state index is 13.1. The predicted octanol–water partition coefficient (Wildman–Crippen LogP) is 3.08. The van der Waals surface area contributed by atoms with Crippen molar-refractivity contribution >= 4 is 22.9 Å². The number of nitrogens with zero attached hydrogens (tertiary/aromatic N) is 4. The lowest BCUT2D eigenvalue weighted by atomic mass is 9.90. The van der Waals surface area contributed by atoms with E-state index in [1.54, 1.807) is 4.90 Å². The maximum Gasteiger partial charge on any atom is 0.409 e. The third-order valence-electron chi connectivity index (χ3n) is 7.83. The summed E-state index contributed by atoms with van der Waals surface area (Å²) in [6.45, 7) is 7.69. The van der Waals surface area contributed by atoms with Gasteiger partial charge in [-0.2, -0.15) is 0 Å². The molecular formula is C25H34N4O3. The quantitative estimate of drug-likeness (QED) is 0.736. The van der Waals surface area contributed by atoms with Crippen LogP contribution in [0.3, 0.4) is 0 Å². The first-order valence-corrected chi connectivity index (χ1v) is 12.0. The number of fused-ring (bicyclic) bond motifs is 1. The van der Waals surface area contributed by atoms with Crippen LogP contribution in [0.25, 0.3) is 10.9 Å². The Balaban J connectivity index is 1.13. The summed E-state index contributed by atoms with van der Waals surface area (Å²) >= 11 is 0. The van der Waals surface area contributed by atoms with Crippen molar-refractivity contribution in [1.29, 1.82) is 0 Å². The molecule has 7 nitrogen and oxygen atoms in total. The summed E-state index contributed by atoms with van der Waals surface area (Å²) in [6, 6.07) is 8.60. The van der Waals surface area contributed by atoms with Gasteiger partial charge in [-0.15, -0.1) is 0 Å². The smallest absolute Gasteiger partial charge is 0.409 e. The van der Waals surface area contributed by atoms with E-state index in [-0.39, 0.29) is 17.4 Å². The van der Waals surface area contributed by atoms with Crippen LogP contribution in [0.2, 0.25) is 0 Å². The number of amides is 2. The number of likely N-dealkylation sites (tertiary alicyclic amines) is 1. The minimum atomic E-state index is -0.263. The second-order valence-corrected chi connectivity index (χ2v) is 9.69. The molecule has 2 amide bonds. The van der Waals surface area contributed by atoms with Crippen LogP contribution in [-0.4, -0.2) is 77.1 Å². The zero-order valence-corrected chi connectivity index (χ0v) is 19.3. The third kappa shape index (κ3) is 3.87. The normalized spacial score (nSPS) is 23.0. The number of ether oxygens (including phenoxy) is 1. The molecule has 1 atom stereocenters. The highest BCUT2D eigenvalue weighted by molar-refractivity contribution is 5.84. The zero-order valence-electron chi connectivity index (χ0n) is 19.3. The molecule has 3 fully saturated rings. The van der Waals surface area contributed by atoms with Gasteiger partial charge in [-0.05, 0) is 56.3 Å². The van der Waals surface area contributed by atoms with E-state index in [2.05, 4.69) is 47.0 Å². The van der Waals surface area contributed by atoms with E-state index in [1.165, 1.54) is 16.5 Å². The van der Waals surface area contributed by atoms with E-state index in [9.17, 15) is 9.59 Å². The topological polar surface area (TPSA) is 58.0 Å². The van der Waals surface area contributed by atoms with E-state index >= 15 is 0 Å². The molecule has 5 rings (SSSR count). The van der Waals surface area contributed by atoms with Crippen LogP contribution < -0.4 is 0 Å². The van der Waals surface area contributed by atoms with Gasteiger partial charge in [-0.1, -0.05) is 18.2 Å². The Morgan fingerprint density at radius 3 is 2.44 bits per heavy atom. The minimum Gasteiger partial charge on any atom is -0.450 e. The summed E-state index contributed by atoms with van der Waals surface area (Å²) in [6.07, 6.45) is 5.25. The molecular weight excluding hydrogens is 404 g/mol. The number of aromatic nitrogens is 1. The highest BCUT2D eigenvalue weighted by Gasteiger charge is 2.59. The largest absolute Gasteiger partial charge is 0.450 e. The van der Waals surface area contributed by atoms with Crippen LogP contribution in [0.5, 0.6) is 0 Å². The van der Waals surface area contributed by atoms with Gasteiger partial charge in [0.1, 0.15) is 0 Å². The van der Waals surface area contributed by atoms with Crippen molar-refractivity contribution in [3.8, 4) is 0 Å². The molecule has 0 radical (unpaired) electrons. The molecule has 1 aromatic heterocycles. The van der Waals surface area contributed by atoms with E-state index in [0.29, 0.717) is 38.7 Å². The van der Waals surface area contributed by atoms with Crippen LogP contribution in [0, 0.1) is 11.3 Å². The van der Waals surface area contributed by atoms with Gasteiger partial charge < -0.3 is 19.1 Å². The number of piperidine rings is 1. The van der Waals surface area contributed by atoms with E-state index in [1.807, 2.05) is 11.8 Å². The first-order valence-electron chi connectivity index (χ1n) is 12.0. The molecule has 1 saturated carbocycles. The Bertz CT molecular complexity index is 1000. The standard InChI is InChI=1S/C25H34N4O3/c1-3-32-24(31)29-14-12-28(13-15-29)23(30)21-16-25(21)8-10-27(11-9-25)18-19-17-26(2)22-7-5-4-6-20(19)22/h4-7,17,21H,3,8-16,18H2,1-2H3/t21-/m0/s1. The first kappa shape index (κ1) is 21.3. The maximum atomic E-state index is 13.1. The number of benzene rings is 1. The molecule has 3 heterocycles. The summed E-state index contributed by atoms with van der Waals surface area (Å²) in [5.74, 6) is 0.479. The van der Waals surface area contributed by atoms with Gasteiger partial charge in [0.25, 0.3) is 0 Å². The molecule has 2 aliphatic heterocycles. The zero-order chi connectivity index (χ0) is 22.3. The lowest BCUT2D eigenvalue weighted by molar-refractivity contribution is -0.135. The van der Waals surface area contributed by atoms with Crippen molar-refractivity contribution in [1.82, 2.24) is 19.3 Å². The van der Waals surface area contributed by atoms with Crippen LogP contribution in [0.15, 0.2) is 30.5 Å². The molecule has 3 aliphatic rings. The van der Waals surface area contributed by atoms with Crippen molar-refractivity contribution in [3.05, 3.63) is 36.0 Å². The number of piperazine rings is 1. The third-order valence-corrected chi connectivity index (χ3v) is 7.83. The average molecular weight is 439 g/mol. The lowest BCUT2D eigenvalue weighted by Crippen LogP contribution is -2.51. The molecule has 32 heavy (non-hydrogen) atoms. The highest BCUT2D eigenvalue weighted by Crippen LogP contribution is 2.60. The molecule has 7 heteroatoms.